The first-order valence-corrected chi connectivity index (χ1v) is 9.33. The highest BCUT2D eigenvalue weighted by Crippen LogP contribution is 2.31. The zero-order valence-corrected chi connectivity index (χ0v) is 13.1. The van der Waals surface area contributed by atoms with Crippen LogP contribution in [0.2, 0.25) is 0 Å². The Morgan fingerprint density at radius 3 is 3.00 bits per heavy atom. The predicted molar refractivity (Wildman–Crippen MR) is 78.3 cm³/mol. The monoisotopic (exact) mass is 316 g/mol. The van der Waals surface area contributed by atoms with Gasteiger partial charge < -0.3 is 5.11 Å². The summed E-state index contributed by atoms with van der Waals surface area (Å²) in [5, 5.41) is 11.1. The van der Waals surface area contributed by atoms with Gasteiger partial charge in [-0.05, 0) is 43.7 Å². The molecule has 1 aromatic heterocycles. The van der Waals surface area contributed by atoms with Crippen molar-refractivity contribution in [2.24, 2.45) is 0 Å². The second-order valence-corrected chi connectivity index (χ2v) is 8.21. The maximum absolute atomic E-state index is 12.6. The van der Waals surface area contributed by atoms with Crippen LogP contribution in [0.4, 0.5) is 0 Å². The lowest BCUT2D eigenvalue weighted by Gasteiger charge is -2.21. The van der Waals surface area contributed by atoms with E-state index in [1.54, 1.807) is 12.3 Å². The molecule has 0 saturated carbocycles. The number of aryl methyl sites for hydroxylation is 1. The molecule has 1 aromatic rings. The molecule has 2 fully saturated rings. The molecule has 3 rings (SSSR count). The number of sulfonamides is 1. The van der Waals surface area contributed by atoms with Crippen molar-refractivity contribution in [3.63, 3.8) is 0 Å². The number of nitrogens with one attached hydrogen (secondary N) is 1. The molecule has 20 heavy (non-hydrogen) atoms. The number of aliphatic hydroxyl groups is 1. The van der Waals surface area contributed by atoms with Gasteiger partial charge in [-0.1, -0.05) is 0 Å². The Hall–Kier alpha value is -0.470. The zero-order valence-electron chi connectivity index (χ0n) is 11.5. The number of rotatable bonds is 4. The number of fused-ring (bicyclic) bond motifs is 1. The molecule has 0 spiro atoms. The van der Waals surface area contributed by atoms with Crippen LogP contribution >= 0.6 is 11.3 Å². The van der Waals surface area contributed by atoms with Crippen molar-refractivity contribution in [1.29, 1.82) is 0 Å². The Balaban J connectivity index is 1.84. The van der Waals surface area contributed by atoms with E-state index in [9.17, 15) is 13.5 Å². The van der Waals surface area contributed by atoms with E-state index < -0.39 is 10.0 Å². The second-order valence-electron chi connectivity index (χ2n) is 5.59. The summed E-state index contributed by atoms with van der Waals surface area (Å²) < 4.78 is 28.1. The van der Waals surface area contributed by atoms with E-state index in [2.05, 4.69) is 9.62 Å². The topological polar surface area (TPSA) is 69.6 Å². The van der Waals surface area contributed by atoms with Crippen LogP contribution in [-0.4, -0.2) is 43.6 Å². The smallest absolute Gasteiger partial charge is 0.242 e. The van der Waals surface area contributed by atoms with Gasteiger partial charge in [0, 0.05) is 18.6 Å². The van der Waals surface area contributed by atoms with E-state index in [-0.39, 0.29) is 17.5 Å². The van der Waals surface area contributed by atoms with Crippen molar-refractivity contribution in [2.45, 2.75) is 49.8 Å². The van der Waals surface area contributed by atoms with Gasteiger partial charge in [0.1, 0.15) is 4.90 Å². The van der Waals surface area contributed by atoms with Gasteiger partial charge >= 0.3 is 0 Å². The first-order chi connectivity index (χ1) is 9.53. The van der Waals surface area contributed by atoms with E-state index in [0.717, 1.165) is 32.4 Å². The molecule has 2 atom stereocenters. The third kappa shape index (κ3) is 2.42. The fourth-order valence-corrected chi connectivity index (χ4v) is 6.40. The molecule has 0 aliphatic carbocycles. The standard InChI is InChI=1S/C13H20N2O3S2/c1-9-8-19-12(7-16)13(9)20(17,18)14-10-4-6-15-5-2-3-11(10)15/h8,10-11,14,16H,2-7H2,1H3. The molecule has 0 amide bonds. The third-order valence-electron chi connectivity index (χ3n) is 4.31. The lowest BCUT2D eigenvalue weighted by molar-refractivity contribution is 0.282. The van der Waals surface area contributed by atoms with Gasteiger partial charge in [-0.2, -0.15) is 0 Å². The van der Waals surface area contributed by atoms with Crippen LogP contribution in [0.15, 0.2) is 10.3 Å². The molecule has 3 heterocycles. The lowest BCUT2D eigenvalue weighted by atomic mass is 10.1. The minimum Gasteiger partial charge on any atom is -0.391 e. The molecule has 0 radical (unpaired) electrons. The van der Waals surface area contributed by atoms with Gasteiger partial charge in [-0.15, -0.1) is 11.3 Å². The number of thiophene rings is 1. The summed E-state index contributed by atoms with van der Waals surface area (Å²) in [5.74, 6) is 0. The van der Waals surface area contributed by atoms with Gasteiger partial charge in [-0.25, -0.2) is 13.1 Å². The van der Waals surface area contributed by atoms with Crippen LogP contribution in [0.3, 0.4) is 0 Å². The lowest BCUT2D eigenvalue weighted by Crippen LogP contribution is -2.42. The minimum absolute atomic E-state index is 0.00772. The van der Waals surface area contributed by atoms with Crippen molar-refractivity contribution in [3.05, 3.63) is 15.8 Å². The van der Waals surface area contributed by atoms with Crippen LogP contribution in [0, 0.1) is 6.92 Å². The van der Waals surface area contributed by atoms with E-state index in [1.807, 2.05) is 0 Å². The molecule has 2 aliphatic heterocycles. The van der Waals surface area contributed by atoms with E-state index >= 15 is 0 Å². The van der Waals surface area contributed by atoms with Crippen molar-refractivity contribution in [3.8, 4) is 0 Å². The van der Waals surface area contributed by atoms with Crippen LogP contribution in [0.25, 0.3) is 0 Å². The SMILES string of the molecule is Cc1csc(CO)c1S(=O)(=O)NC1CCN2CCCC12. The largest absolute Gasteiger partial charge is 0.391 e. The summed E-state index contributed by atoms with van der Waals surface area (Å²) in [6.07, 6.45) is 3.10. The maximum Gasteiger partial charge on any atom is 0.242 e. The number of aliphatic hydroxyl groups excluding tert-OH is 1. The van der Waals surface area contributed by atoms with Crippen molar-refractivity contribution < 1.29 is 13.5 Å². The third-order valence-corrected chi connectivity index (χ3v) is 7.25. The summed E-state index contributed by atoms with van der Waals surface area (Å²) in [4.78, 5) is 3.18. The molecule has 2 unspecified atom stereocenters. The second kappa shape index (κ2) is 5.38. The molecule has 7 heteroatoms. The van der Waals surface area contributed by atoms with Gasteiger partial charge in [0.2, 0.25) is 10.0 Å². The normalized spacial score (nSPS) is 27.1. The van der Waals surface area contributed by atoms with E-state index in [0.29, 0.717) is 16.5 Å². The Morgan fingerprint density at radius 2 is 2.25 bits per heavy atom. The Kier molecular flexibility index (Phi) is 3.89. The van der Waals surface area contributed by atoms with Crippen LogP contribution in [0.1, 0.15) is 29.7 Å². The van der Waals surface area contributed by atoms with Crippen LogP contribution in [-0.2, 0) is 16.6 Å². The molecule has 112 valence electrons. The zero-order chi connectivity index (χ0) is 14.3. The first-order valence-electron chi connectivity index (χ1n) is 6.97. The number of hydrogen-bond acceptors (Lipinski definition) is 5. The van der Waals surface area contributed by atoms with Gasteiger partial charge in [0.25, 0.3) is 0 Å². The van der Waals surface area contributed by atoms with Gasteiger partial charge in [0.15, 0.2) is 0 Å². The summed E-state index contributed by atoms with van der Waals surface area (Å²) >= 11 is 1.30. The van der Waals surface area contributed by atoms with E-state index in [1.165, 1.54) is 11.3 Å². The van der Waals surface area contributed by atoms with Crippen molar-refractivity contribution in [1.82, 2.24) is 9.62 Å². The van der Waals surface area contributed by atoms with Crippen molar-refractivity contribution >= 4 is 21.4 Å². The van der Waals surface area contributed by atoms with Crippen LogP contribution < -0.4 is 4.72 Å². The van der Waals surface area contributed by atoms with Gasteiger partial charge in [0.05, 0.1) is 11.5 Å². The fourth-order valence-electron chi connectivity index (χ4n) is 3.44. The Labute approximate surface area is 123 Å². The molecule has 2 saturated heterocycles. The summed E-state index contributed by atoms with van der Waals surface area (Å²) in [6.45, 7) is 3.62. The van der Waals surface area contributed by atoms with E-state index in [4.69, 9.17) is 0 Å². The van der Waals surface area contributed by atoms with Crippen molar-refractivity contribution in [2.75, 3.05) is 13.1 Å². The summed E-state index contributed by atoms with van der Waals surface area (Å²) in [5.41, 5.74) is 0.716. The average molecular weight is 316 g/mol. The summed E-state index contributed by atoms with van der Waals surface area (Å²) in [7, 11) is -3.54. The first kappa shape index (κ1) is 14.5. The minimum atomic E-state index is -3.54. The molecular formula is C13H20N2O3S2. The quantitative estimate of drug-likeness (QED) is 0.871. The summed E-state index contributed by atoms with van der Waals surface area (Å²) in [6, 6.07) is 0.356. The highest BCUT2D eigenvalue weighted by Gasteiger charge is 2.39. The Morgan fingerprint density at radius 1 is 1.45 bits per heavy atom. The number of hydrogen-bond donors (Lipinski definition) is 2. The molecular weight excluding hydrogens is 296 g/mol. The predicted octanol–water partition coefficient (Wildman–Crippen LogP) is 1.06. The highest BCUT2D eigenvalue weighted by molar-refractivity contribution is 7.89. The fraction of sp³-hybridized carbons (Fsp3) is 0.692. The molecule has 2 aliphatic rings. The molecule has 0 aromatic carbocycles. The molecule has 0 bridgehead atoms. The maximum atomic E-state index is 12.6. The Bertz CT molecular complexity index is 597. The average Bonchev–Trinajstić information content (AvgIpc) is 3.06. The van der Waals surface area contributed by atoms with Crippen LogP contribution in [0.5, 0.6) is 0 Å². The molecule has 5 nitrogen and oxygen atoms in total. The molecule has 2 N–H and O–H groups in total. The number of nitrogens with zero attached hydrogens (tertiary/aromatic N) is 1. The van der Waals surface area contributed by atoms with Gasteiger partial charge in [-0.3, -0.25) is 4.90 Å². The highest BCUT2D eigenvalue weighted by atomic mass is 32.2.